The molecule has 27 heavy (non-hydrogen) atoms. The van der Waals surface area contributed by atoms with Gasteiger partial charge in [-0.3, -0.25) is 4.79 Å². The summed E-state index contributed by atoms with van der Waals surface area (Å²) in [6.45, 7) is 2.30. The second-order valence-electron chi connectivity index (χ2n) is 6.00. The van der Waals surface area contributed by atoms with Crippen LogP contribution in [0.25, 0.3) is 10.2 Å². The third-order valence-electron chi connectivity index (χ3n) is 4.09. The molecule has 0 amide bonds. The second kappa shape index (κ2) is 7.55. The van der Waals surface area contributed by atoms with Crippen LogP contribution in [0.5, 0.6) is 5.75 Å². The Bertz CT molecular complexity index is 1150. The second-order valence-corrected chi connectivity index (χ2v) is 6.90. The first-order chi connectivity index (χ1) is 13.2. The van der Waals surface area contributed by atoms with Crippen LogP contribution in [0.1, 0.15) is 17.0 Å². The molecule has 4 rings (SSSR count). The van der Waals surface area contributed by atoms with Crippen LogP contribution in [0.2, 0.25) is 0 Å². The Morgan fingerprint density at radius 3 is 2.67 bits per heavy atom. The Kier molecular flexibility index (Phi) is 4.80. The molecule has 0 bridgehead atoms. The molecule has 2 aromatic heterocycles. The Balaban J connectivity index is 1.49. The van der Waals surface area contributed by atoms with Crippen LogP contribution in [0.4, 0.5) is 0 Å². The predicted molar refractivity (Wildman–Crippen MR) is 109 cm³/mol. The number of nitrogens with zero attached hydrogens (tertiary/aromatic N) is 3. The summed E-state index contributed by atoms with van der Waals surface area (Å²) in [5, 5.41) is 6.76. The highest BCUT2D eigenvalue weighted by Gasteiger charge is 2.07. The van der Waals surface area contributed by atoms with Crippen LogP contribution in [-0.4, -0.2) is 15.9 Å². The van der Waals surface area contributed by atoms with E-state index in [0.717, 1.165) is 21.7 Å². The highest BCUT2D eigenvalue weighted by Crippen LogP contribution is 2.15. The van der Waals surface area contributed by atoms with Crippen molar-refractivity contribution in [2.24, 2.45) is 5.10 Å². The van der Waals surface area contributed by atoms with E-state index in [2.05, 4.69) is 10.1 Å². The van der Waals surface area contributed by atoms with Crippen LogP contribution in [0, 0.1) is 6.92 Å². The summed E-state index contributed by atoms with van der Waals surface area (Å²) in [5.74, 6) is 1.35. The summed E-state index contributed by atoms with van der Waals surface area (Å²) < 4.78 is 7.11. The smallest absolute Gasteiger partial charge is 0.282 e. The van der Waals surface area contributed by atoms with Gasteiger partial charge in [0, 0.05) is 0 Å². The van der Waals surface area contributed by atoms with Gasteiger partial charge in [0.2, 0.25) is 0 Å². The fraction of sp³-hybridized carbons (Fsp3) is 0.0952. The maximum atomic E-state index is 12.5. The zero-order valence-electron chi connectivity index (χ0n) is 14.7. The molecule has 0 aliphatic carbocycles. The van der Waals surface area contributed by atoms with E-state index in [1.54, 1.807) is 19.2 Å². The Labute approximate surface area is 160 Å². The minimum Gasteiger partial charge on any atom is -0.489 e. The number of hydrogen-bond donors (Lipinski definition) is 0. The topological polar surface area (TPSA) is 56.5 Å². The fourth-order valence-electron chi connectivity index (χ4n) is 2.66. The first kappa shape index (κ1) is 17.2. The van der Waals surface area contributed by atoms with Gasteiger partial charge in [0.25, 0.3) is 5.56 Å². The summed E-state index contributed by atoms with van der Waals surface area (Å²) in [6.07, 6.45) is 1.65. The molecule has 0 saturated carbocycles. The SMILES string of the molecule is Cc1nc2sccc2c(=O)n1/N=C\c1ccc(OCc2ccccc2)cc1. The number of fused-ring (bicyclic) bond motifs is 1. The monoisotopic (exact) mass is 375 g/mol. The lowest BCUT2D eigenvalue weighted by atomic mass is 10.2. The van der Waals surface area contributed by atoms with Crippen molar-refractivity contribution in [1.29, 1.82) is 0 Å². The normalized spacial score (nSPS) is 11.3. The predicted octanol–water partition coefficient (Wildman–Crippen LogP) is 4.23. The molecule has 5 nitrogen and oxygen atoms in total. The van der Waals surface area contributed by atoms with Gasteiger partial charge in [-0.15, -0.1) is 11.3 Å². The summed E-state index contributed by atoms with van der Waals surface area (Å²) in [4.78, 5) is 17.7. The van der Waals surface area contributed by atoms with E-state index in [9.17, 15) is 4.79 Å². The molecule has 0 fully saturated rings. The standard InChI is InChI=1S/C21H17N3O2S/c1-15-23-20-19(11-12-27-20)21(25)24(15)22-13-16-7-9-18(10-8-16)26-14-17-5-3-2-4-6-17/h2-13H,14H2,1H3/b22-13-. The summed E-state index contributed by atoms with van der Waals surface area (Å²) in [5.41, 5.74) is 1.84. The molecule has 0 aliphatic rings. The maximum Gasteiger partial charge on any atom is 0.282 e. The highest BCUT2D eigenvalue weighted by molar-refractivity contribution is 7.16. The minimum atomic E-state index is -0.155. The van der Waals surface area contributed by atoms with Gasteiger partial charge in [-0.05, 0) is 53.8 Å². The van der Waals surface area contributed by atoms with Crippen molar-refractivity contribution in [3.8, 4) is 5.75 Å². The molecule has 2 aromatic carbocycles. The van der Waals surface area contributed by atoms with E-state index in [0.29, 0.717) is 17.8 Å². The highest BCUT2D eigenvalue weighted by atomic mass is 32.1. The summed E-state index contributed by atoms with van der Waals surface area (Å²) in [7, 11) is 0. The largest absolute Gasteiger partial charge is 0.489 e. The maximum absolute atomic E-state index is 12.5. The summed E-state index contributed by atoms with van der Waals surface area (Å²) in [6, 6.07) is 19.4. The van der Waals surface area contributed by atoms with Gasteiger partial charge in [0.15, 0.2) is 0 Å². The van der Waals surface area contributed by atoms with Crippen molar-refractivity contribution >= 4 is 27.8 Å². The van der Waals surface area contributed by atoms with Gasteiger partial charge in [0.1, 0.15) is 23.0 Å². The lowest BCUT2D eigenvalue weighted by molar-refractivity contribution is 0.306. The molecule has 6 heteroatoms. The van der Waals surface area contributed by atoms with Gasteiger partial charge in [-0.25, -0.2) is 4.98 Å². The van der Waals surface area contributed by atoms with E-state index >= 15 is 0 Å². The zero-order valence-corrected chi connectivity index (χ0v) is 15.5. The van der Waals surface area contributed by atoms with E-state index < -0.39 is 0 Å². The number of benzene rings is 2. The Hall–Kier alpha value is -3.25. The molecule has 4 aromatic rings. The van der Waals surface area contributed by atoms with E-state index in [4.69, 9.17) is 4.74 Å². The van der Waals surface area contributed by atoms with Crippen LogP contribution < -0.4 is 10.3 Å². The van der Waals surface area contributed by atoms with Crippen LogP contribution in [0.3, 0.4) is 0 Å². The van der Waals surface area contributed by atoms with Gasteiger partial charge in [0.05, 0.1) is 11.6 Å². The van der Waals surface area contributed by atoms with Crippen molar-refractivity contribution in [3.05, 3.63) is 93.3 Å². The molecular weight excluding hydrogens is 358 g/mol. The lowest BCUT2D eigenvalue weighted by Gasteiger charge is -2.06. The number of rotatable bonds is 5. The molecule has 2 heterocycles. The van der Waals surface area contributed by atoms with Crippen LogP contribution in [0.15, 0.2) is 75.9 Å². The Morgan fingerprint density at radius 1 is 1.11 bits per heavy atom. The van der Waals surface area contributed by atoms with Gasteiger partial charge < -0.3 is 4.74 Å². The Morgan fingerprint density at radius 2 is 1.89 bits per heavy atom. The van der Waals surface area contributed by atoms with Gasteiger partial charge in [-0.1, -0.05) is 30.3 Å². The zero-order chi connectivity index (χ0) is 18.6. The molecule has 0 saturated heterocycles. The molecule has 0 spiro atoms. The average molecular weight is 375 g/mol. The molecule has 134 valence electrons. The average Bonchev–Trinajstić information content (AvgIpc) is 3.16. The number of hydrogen-bond acceptors (Lipinski definition) is 5. The first-order valence-corrected chi connectivity index (χ1v) is 9.37. The summed E-state index contributed by atoms with van der Waals surface area (Å²) >= 11 is 1.45. The number of thiophene rings is 1. The van der Waals surface area contributed by atoms with Crippen LogP contribution >= 0.6 is 11.3 Å². The molecule has 0 atom stereocenters. The quantitative estimate of drug-likeness (QED) is 0.491. The van der Waals surface area contributed by atoms with Crippen molar-refractivity contribution in [1.82, 2.24) is 9.66 Å². The van der Waals surface area contributed by atoms with Gasteiger partial charge in [-0.2, -0.15) is 9.78 Å². The molecular formula is C21H17N3O2S. The van der Waals surface area contributed by atoms with Gasteiger partial charge >= 0.3 is 0 Å². The molecule has 0 unspecified atom stereocenters. The van der Waals surface area contributed by atoms with E-state index in [1.807, 2.05) is 60.0 Å². The molecule has 0 radical (unpaired) electrons. The van der Waals surface area contributed by atoms with Crippen LogP contribution in [-0.2, 0) is 6.61 Å². The third-order valence-corrected chi connectivity index (χ3v) is 4.89. The van der Waals surface area contributed by atoms with Crippen molar-refractivity contribution in [3.63, 3.8) is 0 Å². The third kappa shape index (κ3) is 3.80. The lowest BCUT2D eigenvalue weighted by Crippen LogP contribution is -2.19. The number of aromatic nitrogens is 2. The van der Waals surface area contributed by atoms with E-state index in [1.165, 1.54) is 16.0 Å². The van der Waals surface area contributed by atoms with E-state index in [-0.39, 0.29) is 5.56 Å². The molecule has 0 N–H and O–H groups in total. The van der Waals surface area contributed by atoms with Crippen molar-refractivity contribution in [2.45, 2.75) is 13.5 Å². The van der Waals surface area contributed by atoms with Crippen molar-refractivity contribution < 1.29 is 4.74 Å². The minimum absolute atomic E-state index is 0.155. The number of ether oxygens (including phenoxy) is 1. The van der Waals surface area contributed by atoms with Crippen molar-refractivity contribution in [2.75, 3.05) is 0 Å². The molecule has 0 aliphatic heterocycles. The first-order valence-electron chi connectivity index (χ1n) is 8.49. The fourth-order valence-corrected chi connectivity index (χ4v) is 3.46. The number of aryl methyl sites for hydroxylation is 1.